The van der Waals surface area contributed by atoms with E-state index in [-0.39, 0.29) is 0 Å². The average molecular weight is 375 g/mol. The van der Waals surface area contributed by atoms with Crippen molar-refractivity contribution in [1.29, 1.82) is 0 Å². The standard InChI is InChI=1S/C21H38N6/c1-4-17(5-2)18-12-15-26(16-18)21(22-6-3)23-13-11-20-25-24-19-10-8-7-9-14-27(19)20/h17-18H,4-16H2,1-3H3,(H,22,23). The predicted octanol–water partition coefficient (Wildman–Crippen LogP) is 3.27. The van der Waals surface area contributed by atoms with Crippen LogP contribution in [0.2, 0.25) is 0 Å². The van der Waals surface area contributed by atoms with Crippen LogP contribution in [0.25, 0.3) is 0 Å². The fraction of sp³-hybridized carbons (Fsp3) is 0.857. The molecule has 2 aliphatic heterocycles. The molecule has 2 aliphatic rings. The molecule has 1 unspecified atom stereocenters. The molecule has 0 aliphatic carbocycles. The van der Waals surface area contributed by atoms with Gasteiger partial charge in [-0.15, -0.1) is 10.2 Å². The van der Waals surface area contributed by atoms with Crippen molar-refractivity contribution in [3.63, 3.8) is 0 Å². The number of aryl methyl sites for hydroxylation is 1. The summed E-state index contributed by atoms with van der Waals surface area (Å²) in [6.07, 6.45) is 9.63. The van der Waals surface area contributed by atoms with E-state index in [1.54, 1.807) is 0 Å². The fourth-order valence-corrected chi connectivity index (χ4v) is 4.74. The number of rotatable bonds is 7. The normalized spacial score (nSPS) is 20.8. The quantitative estimate of drug-likeness (QED) is 0.588. The van der Waals surface area contributed by atoms with E-state index in [1.165, 1.54) is 44.3 Å². The fourth-order valence-electron chi connectivity index (χ4n) is 4.74. The average Bonchev–Trinajstić information content (AvgIpc) is 3.24. The van der Waals surface area contributed by atoms with Gasteiger partial charge in [0.25, 0.3) is 0 Å². The number of aromatic nitrogens is 3. The van der Waals surface area contributed by atoms with Crippen LogP contribution in [-0.2, 0) is 19.4 Å². The van der Waals surface area contributed by atoms with Crippen molar-refractivity contribution < 1.29 is 0 Å². The minimum absolute atomic E-state index is 0.784. The van der Waals surface area contributed by atoms with Crippen molar-refractivity contribution in [1.82, 2.24) is 25.0 Å². The molecule has 152 valence electrons. The van der Waals surface area contributed by atoms with Gasteiger partial charge < -0.3 is 14.8 Å². The molecule has 0 aromatic carbocycles. The lowest BCUT2D eigenvalue weighted by Crippen LogP contribution is -2.40. The van der Waals surface area contributed by atoms with Gasteiger partial charge in [0.05, 0.1) is 0 Å². The predicted molar refractivity (Wildman–Crippen MR) is 111 cm³/mol. The molecule has 27 heavy (non-hydrogen) atoms. The first kappa shape index (κ1) is 20.2. The van der Waals surface area contributed by atoms with E-state index in [2.05, 4.69) is 45.8 Å². The molecule has 1 aromatic heterocycles. The van der Waals surface area contributed by atoms with E-state index < -0.39 is 0 Å². The lowest BCUT2D eigenvalue weighted by Gasteiger charge is -2.24. The number of likely N-dealkylation sites (tertiary alicyclic amines) is 1. The Morgan fingerprint density at radius 2 is 2.00 bits per heavy atom. The molecule has 1 saturated heterocycles. The first-order valence-corrected chi connectivity index (χ1v) is 11.2. The maximum absolute atomic E-state index is 4.94. The third-order valence-electron chi connectivity index (χ3n) is 6.36. The molecule has 1 N–H and O–H groups in total. The second kappa shape index (κ2) is 10.1. The Bertz CT molecular complexity index is 604. The zero-order chi connectivity index (χ0) is 19.1. The summed E-state index contributed by atoms with van der Waals surface area (Å²) in [4.78, 5) is 7.41. The van der Waals surface area contributed by atoms with Crippen LogP contribution in [0.1, 0.15) is 70.9 Å². The number of hydrogen-bond donors (Lipinski definition) is 1. The van der Waals surface area contributed by atoms with Crippen LogP contribution >= 0.6 is 0 Å². The lowest BCUT2D eigenvalue weighted by atomic mass is 9.87. The van der Waals surface area contributed by atoms with Crippen LogP contribution in [0, 0.1) is 11.8 Å². The zero-order valence-electron chi connectivity index (χ0n) is 17.6. The highest BCUT2D eigenvalue weighted by Crippen LogP contribution is 2.28. The molecular formula is C21H38N6. The van der Waals surface area contributed by atoms with E-state index in [0.717, 1.165) is 69.2 Å². The van der Waals surface area contributed by atoms with Gasteiger partial charge in [-0.1, -0.05) is 33.1 Å². The monoisotopic (exact) mass is 374 g/mol. The highest BCUT2D eigenvalue weighted by Gasteiger charge is 2.29. The number of nitrogens with one attached hydrogen (secondary N) is 1. The molecule has 0 saturated carbocycles. The molecule has 3 rings (SSSR count). The Morgan fingerprint density at radius 1 is 1.15 bits per heavy atom. The maximum Gasteiger partial charge on any atom is 0.193 e. The van der Waals surface area contributed by atoms with Gasteiger partial charge in [0.15, 0.2) is 5.96 Å². The van der Waals surface area contributed by atoms with Crippen LogP contribution in [0.4, 0.5) is 0 Å². The van der Waals surface area contributed by atoms with Crippen molar-refractivity contribution in [2.24, 2.45) is 16.8 Å². The lowest BCUT2D eigenvalue weighted by molar-refractivity contribution is 0.319. The molecule has 0 bridgehead atoms. The van der Waals surface area contributed by atoms with E-state index >= 15 is 0 Å². The first-order chi connectivity index (χ1) is 13.3. The summed E-state index contributed by atoms with van der Waals surface area (Å²) in [5.41, 5.74) is 0. The third kappa shape index (κ3) is 5.02. The number of nitrogens with zero attached hydrogens (tertiary/aromatic N) is 5. The Hall–Kier alpha value is -1.59. The third-order valence-corrected chi connectivity index (χ3v) is 6.36. The molecule has 3 heterocycles. The number of hydrogen-bond acceptors (Lipinski definition) is 3. The van der Waals surface area contributed by atoms with Crippen LogP contribution in [0.3, 0.4) is 0 Å². The van der Waals surface area contributed by atoms with Gasteiger partial charge >= 0.3 is 0 Å². The van der Waals surface area contributed by atoms with Crippen LogP contribution in [0.5, 0.6) is 0 Å². The van der Waals surface area contributed by atoms with Crippen molar-refractivity contribution in [2.75, 3.05) is 26.2 Å². The Balaban J connectivity index is 1.59. The summed E-state index contributed by atoms with van der Waals surface area (Å²) in [7, 11) is 0. The minimum atomic E-state index is 0.784. The van der Waals surface area contributed by atoms with Crippen molar-refractivity contribution in [2.45, 2.75) is 78.7 Å². The molecule has 1 aromatic rings. The highest BCUT2D eigenvalue weighted by molar-refractivity contribution is 5.80. The Kier molecular flexibility index (Phi) is 7.53. The van der Waals surface area contributed by atoms with Gasteiger partial charge in [-0.2, -0.15) is 0 Å². The number of fused-ring (bicyclic) bond motifs is 1. The van der Waals surface area contributed by atoms with Gasteiger partial charge in [-0.05, 0) is 38.0 Å². The summed E-state index contributed by atoms with van der Waals surface area (Å²) in [6, 6.07) is 0. The molecule has 1 atom stereocenters. The summed E-state index contributed by atoms with van der Waals surface area (Å²) in [6.45, 7) is 11.9. The summed E-state index contributed by atoms with van der Waals surface area (Å²) in [5, 5.41) is 12.4. The molecular weight excluding hydrogens is 336 g/mol. The first-order valence-electron chi connectivity index (χ1n) is 11.2. The number of aliphatic imine (C=N–C) groups is 1. The van der Waals surface area contributed by atoms with Gasteiger partial charge in [0.1, 0.15) is 11.6 Å². The summed E-state index contributed by atoms with van der Waals surface area (Å²) in [5.74, 6) is 5.04. The second-order valence-electron chi connectivity index (χ2n) is 8.05. The van der Waals surface area contributed by atoms with Gasteiger partial charge in [-0.3, -0.25) is 4.99 Å². The minimum Gasteiger partial charge on any atom is -0.357 e. The van der Waals surface area contributed by atoms with Crippen LogP contribution < -0.4 is 5.32 Å². The smallest absolute Gasteiger partial charge is 0.193 e. The Labute approximate surface area is 164 Å². The maximum atomic E-state index is 4.94. The van der Waals surface area contributed by atoms with E-state index in [0.29, 0.717) is 0 Å². The van der Waals surface area contributed by atoms with Gasteiger partial charge in [0.2, 0.25) is 0 Å². The van der Waals surface area contributed by atoms with Crippen molar-refractivity contribution >= 4 is 5.96 Å². The SMILES string of the molecule is CCNC(=NCCc1nnc2n1CCCCC2)N1CCC(C(CC)CC)C1. The van der Waals surface area contributed by atoms with Crippen molar-refractivity contribution in [3.05, 3.63) is 11.6 Å². The molecule has 6 heteroatoms. The zero-order valence-corrected chi connectivity index (χ0v) is 17.6. The van der Waals surface area contributed by atoms with E-state index in [9.17, 15) is 0 Å². The molecule has 0 amide bonds. The second-order valence-corrected chi connectivity index (χ2v) is 8.05. The molecule has 0 radical (unpaired) electrons. The molecule has 0 spiro atoms. The molecule has 1 fully saturated rings. The Morgan fingerprint density at radius 3 is 2.78 bits per heavy atom. The highest BCUT2D eigenvalue weighted by atomic mass is 15.3. The summed E-state index contributed by atoms with van der Waals surface area (Å²) < 4.78 is 2.34. The van der Waals surface area contributed by atoms with Crippen LogP contribution in [-0.4, -0.2) is 51.8 Å². The topological polar surface area (TPSA) is 58.3 Å². The largest absolute Gasteiger partial charge is 0.357 e. The van der Waals surface area contributed by atoms with Gasteiger partial charge in [0, 0.05) is 45.6 Å². The number of guanidine groups is 1. The van der Waals surface area contributed by atoms with Crippen LogP contribution in [0.15, 0.2) is 4.99 Å². The molecule has 6 nitrogen and oxygen atoms in total. The van der Waals surface area contributed by atoms with Gasteiger partial charge in [-0.25, -0.2) is 0 Å². The van der Waals surface area contributed by atoms with E-state index in [1.807, 2.05) is 0 Å². The van der Waals surface area contributed by atoms with Crippen molar-refractivity contribution in [3.8, 4) is 0 Å². The van der Waals surface area contributed by atoms with E-state index in [4.69, 9.17) is 4.99 Å². The summed E-state index contributed by atoms with van der Waals surface area (Å²) >= 11 is 0.